The number of ether oxygens (including phenoxy) is 1. The molecule has 4 aliphatic rings. The van der Waals surface area contributed by atoms with Gasteiger partial charge in [0.1, 0.15) is 18.7 Å². The number of carbonyl (C=O) groups excluding carboxylic acids is 3. The van der Waals surface area contributed by atoms with E-state index in [-0.39, 0.29) is 28.8 Å². The number of allylic oxidation sites excluding steroid dienone is 2. The van der Waals surface area contributed by atoms with Gasteiger partial charge in [0.2, 0.25) is 0 Å². The molecule has 4 heteroatoms. The normalized spacial score (nSPS) is 48.3. The van der Waals surface area contributed by atoms with Gasteiger partial charge >= 0.3 is 5.97 Å². The molecule has 0 aliphatic heterocycles. The van der Waals surface area contributed by atoms with Gasteiger partial charge in [-0.3, -0.25) is 9.59 Å². The number of fused-ring (bicyclic) bond motifs is 5. The van der Waals surface area contributed by atoms with E-state index in [0.717, 1.165) is 31.8 Å². The molecule has 0 aromatic heterocycles. The van der Waals surface area contributed by atoms with E-state index in [1.165, 1.54) is 32.6 Å². The highest BCUT2D eigenvalue weighted by molar-refractivity contribution is 5.82. The van der Waals surface area contributed by atoms with Crippen molar-refractivity contribution in [3.8, 4) is 0 Å². The van der Waals surface area contributed by atoms with Crippen LogP contribution in [0.5, 0.6) is 0 Å². The molecule has 0 heterocycles. The lowest BCUT2D eigenvalue weighted by molar-refractivity contribution is -0.238. The Kier molecular flexibility index (Phi) is 5.34. The van der Waals surface area contributed by atoms with Crippen LogP contribution >= 0.6 is 0 Å². The number of hydrogen-bond acceptors (Lipinski definition) is 4. The number of esters is 1. The molecule has 31 heavy (non-hydrogen) atoms. The highest BCUT2D eigenvalue weighted by atomic mass is 16.5. The van der Waals surface area contributed by atoms with Crippen LogP contribution in [0.4, 0.5) is 0 Å². The van der Waals surface area contributed by atoms with Crippen molar-refractivity contribution in [2.24, 2.45) is 45.3 Å². The lowest BCUT2D eigenvalue weighted by atomic mass is 9.35. The van der Waals surface area contributed by atoms with E-state index >= 15 is 0 Å². The van der Waals surface area contributed by atoms with Crippen molar-refractivity contribution < 1.29 is 19.1 Å². The third-order valence-electron chi connectivity index (χ3n) is 10.7. The first-order valence-corrected chi connectivity index (χ1v) is 12.2. The van der Waals surface area contributed by atoms with Crippen molar-refractivity contribution >= 4 is 18.5 Å². The second-order valence-corrected chi connectivity index (χ2v) is 12.4. The van der Waals surface area contributed by atoms with Crippen LogP contribution in [0.25, 0.3) is 0 Å². The van der Waals surface area contributed by atoms with E-state index in [1.807, 2.05) is 6.08 Å². The first-order chi connectivity index (χ1) is 14.4. The van der Waals surface area contributed by atoms with E-state index < -0.39 is 11.3 Å². The third-order valence-corrected chi connectivity index (χ3v) is 10.7. The smallest absolute Gasteiger partial charge is 0.302 e. The second kappa shape index (κ2) is 7.28. The van der Waals surface area contributed by atoms with E-state index in [9.17, 15) is 14.4 Å². The van der Waals surface area contributed by atoms with E-state index in [0.29, 0.717) is 22.8 Å². The summed E-state index contributed by atoms with van der Waals surface area (Å²) >= 11 is 0. The van der Waals surface area contributed by atoms with Gasteiger partial charge in [-0.15, -0.1) is 0 Å². The van der Waals surface area contributed by atoms with Crippen molar-refractivity contribution in [2.45, 2.75) is 92.6 Å². The molecule has 0 N–H and O–H groups in total. The summed E-state index contributed by atoms with van der Waals surface area (Å²) in [6.45, 7) is 13.4. The van der Waals surface area contributed by atoms with Crippen molar-refractivity contribution in [1.82, 2.24) is 0 Å². The molecule has 0 aromatic rings. The first-order valence-electron chi connectivity index (χ1n) is 12.2. The van der Waals surface area contributed by atoms with Crippen LogP contribution in [0.2, 0.25) is 0 Å². The maximum atomic E-state index is 12.3. The number of rotatable bonds is 3. The highest BCUT2D eigenvalue weighted by Gasteiger charge is 2.68. The summed E-state index contributed by atoms with van der Waals surface area (Å²) in [7, 11) is 0. The molecule has 172 valence electrons. The minimum Gasteiger partial charge on any atom is -0.462 e. The Morgan fingerprint density at radius 2 is 1.68 bits per heavy atom. The summed E-state index contributed by atoms with van der Waals surface area (Å²) in [5.41, 5.74) is 0.619. The van der Waals surface area contributed by atoms with Crippen LogP contribution in [-0.4, -0.2) is 24.6 Å². The van der Waals surface area contributed by atoms with Gasteiger partial charge in [0.05, 0.1) is 5.92 Å². The van der Waals surface area contributed by atoms with Crippen LogP contribution in [0, 0.1) is 45.3 Å². The predicted molar refractivity (Wildman–Crippen MR) is 120 cm³/mol. The highest BCUT2D eigenvalue weighted by Crippen LogP contribution is 2.73. The average molecular weight is 429 g/mol. The summed E-state index contributed by atoms with van der Waals surface area (Å²) in [5.74, 6) is 0.519. The maximum absolute atomic E-state index is 12.3. The summed E-state index contributed by atoms with van der Waals surface area (Å²) in [4.78, 5) is 36.3. The topological polar surface area (TPSA) is 60.4 Å². The molecule has 0 saturated heterocycles. The molecule has 8 atom stereocenters. The Hall–Kier alpha value is -1.45. The van der Waals surface area contributed by atoms with Gasteiger partial charge in [-0.05, 0) is 78.1 Å². The van der Waals surface area contributed by atoms with Crippen LogP contribution in [0.15, 0.2) is 11.6 Å². The van der Waals surface area contributed by atoms with Crippen molar-refractivity contribution in [2.75, 3.05) is 0 Å². The minimum absolute atomic E-state index is 0.0657. The summed E-state index contributed by atoms with van der Waals surface area (Å²) in [6.07, 6.45) is 11.1. The molecule has 4 rings (SSSR count). The van der Waals surface area contributed by atoms with E-state index in [1.54, 1.807) is 0 Å². The first kappa shape index (κ1) is 22.7. The SMILES string of the molecule is CC(=O)OC1CC2C3(C)CCCC(C)(C)C3CCC2(C)C2CC=C(C=O)C(C=O)C12C. The number of aldehydes is 2. The molecule has 0 spiro atoms. The Labute approximate surface area is 187 Å². The van der Waals surface area contributed by atoms with Gasteiger partial charge in [0.15, 0.2) is 0 Å². The molecule has 4 aliphatic carbocycles. The largest absolute Gasteiger partial charge is 0.462 e. The summed E-state index contributed by atoms with van der Waals surface area (Å²) < 4.78 is 6.02. The molecule has 3 saturated carbocycles. The molecular formula is C27H40O4. The van der Waals surface area contributed by atoms with E-state index in [4.69, 9.17) is 4.74 Å². The fourth-order valence-electron chi connectivity index (χ4n) is 9.45. The van der Waals surface area contributed by atoms with E-state index in [2.05, 4.69) is 34.6 Å². The Morgan fingerprint density at radius 1 is 1.00 bits per heavy atom. The van der Waals surface area contributed by atoms with Crippen LogP contribution in [0.3, 0.4) is 0 Å². The van der Waals surface area contributed by atoms with Gasteiger partial charge in [-0.1, -0.05) is 47.1 Å². The maximum Gasteiger partial charge on any atom is 0.302 e. The average Bonchev–Trinajstić information content (AvgIpc) is 2.67. The quantitative estimate of drug-likeness (QED) is 0.437. The zero-order valence-corrected chi connectivity index (χ0v) is 20.2. The standard InChI is InChI=1S/C27H40O4/c1-17(30)31-23-14-22-25(4)12-7-11-24(2,3)20(25)10-13-26(22,5)21-9-8-18(15-28)19(16-29)27(21,23)6/h8,15-16,19-23H,7,9-14H2,1-6H3. The monoisotopic (exact) mass is 428 g/mol. The minimum atomic E-state index is -0.545. The molecule has 8 unspecified atom stereocenters. The number of carbonyl (C=O) groups is 3. The van der Waals surface area contributed by atoms with Crippen LogP contribution in [0.1, 0.15) is 86.5 Å². The van der Waals surface area contributed by atoms with Crippen molar-refractivity contribution in [3.05, 3.63) is 11.6 Å². The third kappa shape index (κ3) is 3.03. The molecule has 0 amide bonds. The van der Waals surface area contributed by atoms with Crippen molar-refractivity contribution in [3.63, 3.8) is 0 Å². The fourth-order valence-corrected chi connectivity index (χ4v) is 9.45. The lowest BCUT2D eigenvalue weighted by Crippen LogP contribution is -2.67. The van der Waals surface area contributed by atoms with Gasteiger partial charge in [0.25, 0.3) is 0 Å². The number of hydrogen-bond donors (Lipinski definition) is 0. The van der Waals surface area contributed by atoms with Gasteiger partial charge < -0.3 is 9.53 Å². The molecule has 0 bridgehead atoms. The molecule has 0 aromatic carbocycles. The van der Waals surface area contributed by atoms with Gasteiger partial charge in [-0.2, -0.15) is 0 Å². The van der Waals surface area contributed by atoms with Crippen LogP contribution < -0.4 is 0 Å². The molecule has 4 nitrogen and oxygen atoms in total. The second-order valence-electron chi connectivity index (χ2n) is 12.4. The predicted octanol–water partition coefficient (Wildman–Crippen LogP) is 5.54. The molecule has 0 radical (unpaired) electrons. The molecule has 3 fully saturated rings. The Balaban J connectivity index is 1.85. The zero-order chi connectivity index (χ0) is 22.8. The summed E-state index contributed by atoms with van der Waals surface area (Å²) in [6, 6.07) is 0. The Morgan fingerprint density at radius 3 is 2.29 bits per heavy atom. The lowest BCUT2D eigenvalue weighted by Gasteiger charge is -2.70. The van der Waals surface area contributed by atoms with Crippen LogP contribution in [-0.2, 0) is 19.1 Å². The fraction of sp³-hybridized carbons (Fsp3) is 0.815. The molecular weight excluding hydrogens is 388 g/mol. The van der Waals surface area contributed by atoms with Crippen molar-refractivity contribution in [1.29, 1.82) is 0 Å². The summed E-state index contributed by atoms with van der Waals surface area (Å²) in [5, 5.41) is 0. The van der Waals surface area contributed by atoms with Gasteiger partial charge in [0, 0.05) is 12.3 Å². The van der Waals surface area contributed by atoms with Gasteiger partial charge in [-0.25, -0.2) is 0 Å². The zero-order valence-electron chi connectivity index (χ0n) is 20.2. The Bertz CT molecular complexity index is 812.